The molecule has 0 aromatic heterocycles. The minimum Gasteiger partial charge on any atom is -0.291 e. The van der Waals surface area contributed by atoms with Crippen LogP contribution in [0.25, 0.3) is 0 Å². The van der Waals surface area contributed by atoms with Crippen molar-refractivity contribution in [1.82, 2.24) is 9.80 Å². The third-order valence-corrected chi connectivity index (χ3v) is 4.54. The van der Waals surface area contributed by atoms with Crippen molar-refractivity contribution >= 4 is 45.7 Å². The molecule has 0 aliphatic carbocycles. The van der Waals surface area contributed by atoms with Crippen molar-refractivity contribution < 1.29 is 9.59 Å². The molecule has 0 spiro atoms. The molecule has 0 aromatic carbocycles. The maximum Gasteiger partial charge on any atom is 0.239 e. The highest BCUT2D eigenvalue weighted by atomic mass is 32.2. The fraction of sp³-hybridized carbons (Fsp3) is 0.600. The molecule has 18 heavy (non-hydrogen) atoms. The van der Waals surface area contributed by atoms with Crippen LogP contribution in [-0.4, -0.2) is 56.5 Å². The summed E-state index contributed by atoms with van der Waals surface area (Å²) >= 11 is 2.51. The van der Waals surface area contributed by atoms with E-state index in [2.05, 4.69) is 0 Å². The summed E-state index contributed by atoms with van der Waals surface area (Å²) in [6.07, 6.45) is 1.49. The molecule has 0 aromatic rings. The Bertz CT molecular complexity index is 343. The summed E-state index contributed by atoms with van der Waals surface area (Å²) in [6.45, 7) is 1.07. The van der Waals surface area contributed by atoms with Crippen molar-refractivity contribution in [1.29, 1.82) is 10.8 Å². The summed E-state index contributed by atoms with van der Waals surface area (Å²) in [7, 11) is 0. The molecule has 2 rings (SSSR count). The van der Waals surface area contributed by atoms with Crippen LogP contribution in [0.5, 0.6) is 0 Å². The molecular formula is C10H14N4O2S2. The van der Waals surface area contributed by atoms with Crippen LogP contribution in [0.2, 0.25) is 0 Å². The zero-order valence-corrected chi connectivity index (χ0v) is 11.4. The highest BCUT2D eigenvalue weighted by Gasteiger charge is 2.28. The van der Waals surface area contributed by atoms with E-state index in [1.807, 2.05) is 0 Å². The number of unbranched alkanes of at least 4 members (excludes halogenated alkanes) is 1. The molecular weight excluding hydrogens is 272 g/mol. The van der Waals surface area contributed by atoms with Gasteiger partial charge in [0.15, 0.2) is 10.3 Å². The van der Waals surface area contributed by atoms with Gasteiger partial charge in [-0.25, -0.2) is 0 Å². The zero-order chi connectivity index (χ0) is 13.1. The van der Waals surface area contributed by atoms with Gasteiger partial charge in [-0.15, -0.1) is 0 Å². The van der Waals surface area contributed by atoms with E-state index in [4.69, 9.17) is 10.8 Å². The quantitative estimate of drug-likeness (QED) is 0.731. The van der Waals surface area contributed by atoms with E-state index in [0.717, 1.165) is 12.8 Å². The number of nitrogens with one attached hydrogen (secondary N) is 2. The first-order chi connectivity index (χ1) is 8.59. The van der Waals surface area contributed by atoms with E-state index < -0.39 is 0 Å². The molecule has 2 amide bonds. The molecule has 0 saturated carbocycles. The second kappa shape index (κ2) is 5.75. The summed E-state index contributed by atoms with van der Waals surface area (Å²) in [5, 5.41) is 15.8. The van der Waals surface area contributed by atoms with Crippen LogP contribution in [0.4, 0.5) is 0 Å². The van der Waals surface area contributed by atoms with E-state index in [1.54, 1.807) is 0 Å². The Labute approximate surface area is 113 Å². The van der Waals surface area contributed by atoms with E-state index in [-0.39, 0.29) is 11.8 Å². The third-order valence-electron chi connectivity index (χ3n) is 2.77. The van der Waals surface area contributed by atoms with Crippen molar-refractivity contribution in [3.05, 3.63) is 0 Å². The second-order valence-electron chi connectivity index (χ2n) is 3.99. The van der Waals surface area contributed by atoms with Crippen LogP contribution < -0.4 is 0 Å². The zero-order valence-electron chi connectivity index (χ0n) is 9.77. The number of carbonyl (C=O) groups excluding carboxylic acids is 2. The molecule has 2 aliphatic heterocycles. The lowest BCUT2D eigenvalue weighted by Gasteiger charge is -2.17. The second-order valence-corrected chi connectivity index (χ2v) is 5.91. The smallest absolute Gasteiger partial charge is 0.239 e. The lowest BCUT2D eigenvalue weighted by Crippen LogP contribution is -2.32. The number of thioether (sulfide) groups is 2. The fourth-order valence-electron chi connectivity index (χ4n) is 1.79. The Kier molecular flexibility index (Phi) is 4.28. The van der Waals surface area contributed by atoms with Gasteiger partial charge in [-0.2, -0.15) is 0 Å². The van der Waals surface area contributed by atoms with Gasteiger partial charge < -0.3 is 0 Å². The predicted octanol–water partition coefficient (Wildman–Crippen LogP) is 0.787. The van der Waals surface area contributed by atoms with Gasteiger partial charge in [-0.05, 0) is 12.8 Å². The van der Waals surface area contributed by atoms with E-state index in [0.29, 0.717) is 34.9 Å². The molecule has 8 heteroatoms. The molecule has 98 valence electrons. The van der Waals surface area contributed by atoms with Crippen LogP contribution >= 0.6 is 23.5 Å². The maximum atomic E-state index is 11.4. The molecule has 6 nitrogen and oxygen atoms in total. The largest absolute Gasteiger partial charge is 0.291 e. The first kappa shape index (κ1) is 13.4. The summed E-state index contributed by atoms with van der Waals surface area (Å²) in [5.74, 6) is 0.714. The first-order valence-electron chi connectivity index (χ1n) is 5.63. The lowest BCUT2D eigenvalue weighted by atomic mass is 10.3. The average Bonchev–Trinajstić information content (AvgIpc) is 2.82. The normalized spacial score (nSPS) is 20.4. The monoisotopic (exact) mass is 286 g/mol. The highest BCUT2D eigenvalue weighted by Crippen LogP contribution is 2.20. The number of amides is 2. The topological polar surface area (TPSA) is 88.3 Å². The standard InChI is InChI=1S/C10H14N4O2S2/c11-9-13(7(15)5-17-9)3-1-2-4-14-8(16)6-18-10(14)12/h11-12H,1-6H2. The molecule has 0 unspecified atom stereocenters. The Hall–Kier alpha value is -1.02. The van der Waals surface area contributed by atoms with Crippen LogP contribution in [0.1, 0.15) is 12.8 Å². The molecule has 2 heterocycles. The number of hydrogen-bond donors (Lipinski definition) is 2. The van der Waals surface area contributed by atoms with Crippen molar-refractivity contribution in [2.75, 3.05) is 24.6 Å². The minimum atomic E-state index is -0.00875. The van der Waals surface area contributed by atoms with Gasteiger partial charge in [0.25, 0.3) is 0 Å². The van der Waals surface area contributed by atoms with Crippen molar-refractivity contribution in [2.45, 2.75) is 12.8 Å². The number of carbonyl (C=O) groups is 2. The van der Waals surface area contributed by atoms with Gasteiger partial charge in [-0.1, -0.05) is 23.5 Å². The van der Waals surface area contributed by atoms with E-state index in [1.165, 1.54) is 33.3 Å². The van der Waals surface area contributed by atoms with Crippen molar-refractivity contribution in [2.24, 2.45) is 0 Å². The van der Waals surface area contributed by atoms with Gasteiger partial charge in [0.05, 0.1) is 11.5 Å². The fourth-order valence-corrected chi connectivity index (χ4v) is 3.32. The van der Waals surface area contributed by atoms with E-state index >= 15 is 0 Å². The SMILES string of the molecule is N=C1SCC(=O)N1CCCCN1C(=N)SCC1=O. The van der Waals surface area contributed by atoms with Crippen molar-refractivity contribution in [3.8, 4) is 0 Å². The van der Waals surface area contributed by atoms with Crippen LogP contribution in [0.15, 0.2) is 0 Å². The molecule has 2 N–H and O–H groups in total. The molecule has 2 saturated heterocycles. The van der Waals surface area contributed by atoms with Gasteiger partial charge in [0, 0.05) is 13.1 Å². The Morgan fingerprint density at radius 3 is 1.56 bits per heavy atom. The van der Waals surface area contributed by atoms with Crippen molar-refractivity contribution in [3.63, 3.8) is 0 Å². The molecule has 0 bridgehead atoms. The van der Waals surface area contributed by atoms with Crippen LogP contribution in [0, 0.1) is 10.8 Å². The Balaban J connectivity index is 1.70. The maximum absolute atomic E-state index is 11.4. The van der Waals surface area contributed by atoms with Gasteiger partial charge >= 0.3 is 0 Å². The summed E-state index contributed by atoms with van der Waals surface area (Å²) in [4.78, 5) is 25.8. The molecule has 0 atom stereocenters. The molecule has 2 fully saturated rings. The first-order valence-corrected chi connectivity index (χ1v) is 7.60. The Morgan fingerprint density at radius 2 is 1.28 bits per heavy atom. The van der Waals surface area contributed by atoms with Gasteiger partial charge in [-0.3, -0.25) is 30.2 Å². The molecule has 0 radical (unpaired) electrons. The number of amidine groups is 2. The lowest BCUT2D eigenvalue weighted by molar-refractivity contribution is -0.125. The summed E-state index contributed by atoms with van der Waals surface area (Å²) in [6, 6.07) is 0. The van der Waals surface area contributed by atoms with Gasteiger partial charge in [0.1, 0.15) is 0 Å². The van der Waals surface area contributed by atoms with Crippen LogP contribution in [0.3, 0.4) is 0 Å². The van der Waals surface area contributed by atoms with Crippen LogP contribution in [-0.2, 0) is 9.59 Å². The number of rotatable bonds is 5. The third kappa shape index (κ3) is 2.86. The summed E-state index contributed by atoms with van der Waals surface area (Å²) in [5.41, 5.74) is 0. The average molecular weight is 286 g/mol. The molecule has 2 aliphatic rings. The van der Waals surface area contributed by atoms with E-state index in [9.17, 15) is 9.59 Å². The summed E-state index contributed by atoms with van der Waals surface area (Å²) < 4.78 is 0. The number of hydrogen-bond acceptors (Lipinski definition) is 6. The highest BCUT2D eigenvalue weighted by molar-refractivity contribution is 8.15. The number of nitrogens with zero attached hydrogens (tertiary/aromatic N) is 2. The Morgan fingerprint density at radius 1 is 0.889 bits per heavy atom. The van der Waals surface area contributed by atoms with Gasteiger partial charge in [0.2, 0.25) is 11.8 Å². The predicted molar refractivity (Wildman–Crippen MR) is 73.0 cm³/mol. The minimum absolute atomic E-state index is 0.00875.